The Hall–Kier alpha value is -3.34. The van der Waals surface area contributed by atoms with E-state index in [2.05, 4.69) is 61.2 Å². The van der Waals surface area contributed by atoms with Crippen LogP contribution in [0.4, 0.5) is 13.2 Å². The molecule has 0 aliphatic rings. The van der Waals surface area contributed by atoms with Crippen LogP contribution in [-0.4, -0.2) is 69.2 Å². The molecule has 0 fully saturated rings. The molecule has 0 aliphatic heterocycles. The van der Waals surface area contributed by atoms with E-state index >= 15 is 0 Å². The first-order valence-corrected chi connectivity index (χ1v) is 10.8. The second-order valence-electron chi connectivity index (χ2n) is 8.21. The number of amides is 1. The van der Waals surface area contributed by atoms with E-state index in [1.807, 2.05) is 28.8 Å². The fourth-order valence-corrected chi connectivity index (χ4v) is 2.93. The molecule has 3 rings (SSSR count). The van der Waals surface area contributed by atoms with Gasteiger partial charge in [-0.15, -0.1) is 0 Å². The number of fused-ring (bicyclic) bond motifs is 1. The Morgan fingerprint density at radius 1 is 1.21 bits per heavy atom. The van der Waals surface area contributed by atoms with Gasteiger partial charge < -0.3 is 19.9 Å². The van der Waals surface area contributed by atoms with Crippen molar-refractivity contribution in [3.8, 4) is 11.4 Å². The zero-order chi connectivity index (χ0) is 25.5. The Kier molecular flexibility index (Phi) is 9.25. The summed E-state index contributed by atoms with van der Waals surface area (Å²) >= 11 is 0. The highest BCUT2D eigenvalue weighted by Gasteiger charge is 2.38. The van der Waals surface area contributed by atoms with Crippen LogP contribution in [0.5, 0.6) is 0 Å². The molecule has 1 unspecified atom stereocenters. The van der Waals surface area contributed by atoms with Gasteiger partial charge in [-0.3, -0.25) is 9.20 Å². The topological polar surface area (TPSA) is 91.9 Å². The van der Waals surface area contributed by atoms with Crippen LogP contribution in [0.15, 0.2) is 42.9 Å². The van der Waals surface area contributed by atoms with Crippen molar-refractivity contribution in [1.82, 2.24) is 24.2 Å². The van der Waals surface area contributed by atoms with Gasteiger partial charge in [0.25, 0.3) is 5.91 Å². The molecule has 8 nitrogen and oxygen atoms in total. The Labute approximate surface area is 196 Å². The van der Waals surface area contributed by atoms with Gasteiger partial charge in [-0.25, -0.2) is 9.78 Å². The Morgan fingerprint density at radius 2 is 1.88 bits per heavy atom. The first-order valence-electron chi connectivity index (χ1n) is 10.8. The molecule has 3 aromatic rings. The number of carbonyl (C=O) groups excluding carboxylic acids is 1. The van der Waals surface area contributed by atoms with E-state index in [0.717, 1.165) is 36.4 Å². The molecule has 11 heteroatoms. The summed E-state index contributed by atoms with van der Waals surface area (Å²) in [5, 5.41) is 10.1. The van der Waals surface area contributed by atoms with Crippen LogP contribution in [-0.2, 0) is 11.3 Å². The minimum Gasteiger partial charge on any atom is -0.475 e. The van der Waals surface area contributed by atoms with Gasteiger partial charge in [-0.1, -0.05) is 26.3 Å². The highest BCUT2D eigenvalue weighted by Crippen LogP contribution is 2.23. The molecule has 1 atom stereocenters. The maximum absolute atomic E-state index is 12.7. The number of imidazole rings is 1. The van der Waals surface area contributed by atoms with Crippen LogP contribution >= 0.6 is 0 Å². The number of hydrogen-bond donors (Lipinski definition) is 2. The number of likely N-dealkylation sites (N-methyl/N-ethyl adjacent to an activating group) is 1. The molecule has 3 aromatic heterocycles. The summed E-state index contributed by atoms with van der Waals surface area (Å²) in [6.07, 6.45) is 2.06. The Bertz CT molecular complexity index is 1100. The molecular formula is C23H30F3N5O3. The number of rotatable bonds is 8. The predicted molar refractivity (Wildman–Crippen MR) is 123 cm³/mol. The second kappa shape index (κ2) is 11.7. The standard InChI is InChI=1S/C21H29N5O.C2HF3O2/c1-5-16(2)14-22-21(27)19-18-8-6-7-10-26(18)20(23-19)17-9-11-25(15-17)13-12-24(3)4;3-2(4,5)1(6)7/h6-11,15-16H,5,12-14H2,1-4H3,(H,22,27);(H,6,7). The number of pyridine rings is 1. The molecule has 0 saturated carbocycles. The lowest BCUT2D eigenvalue weighted by atomic mass is 10.1. The van der Waals surface area contributed by atoms with Crippen LogP contribution in [0.25, 0.3) is 16.9 Å². The molecular weight excluding hydrogens is 451 g/mol. The third kappa shape index (κ3) is 7.34. The van der Waals surface area contributed by atoms with Crippen molar-refractivity contribution < 1.29 is 27.9 Å². The molecule has 0 aromatic carbocycles. The summed E-state index contributed by atoms with van der Waals surface area (Å²) in [6.45, 7) is 6.81. The zero-order valence-corrected chi connectivity index (χ0v) is 19.6. The number of aromatic nitrogens is 3. The quantitative estimate of drug-likeness (QED) is 0.511. The van der Waals surface area contributed by atoms with Gasteiger partial charge in [0.15, 0.2) is 5.69 Å². The molecule has 0 spiro atoms. The Balaban J connectivity index is 0.000000509. The first-order chi connectivity index (χ1) is 15.9. The number of carboxylic acids is 1. The average molecular weight is 482 g/mol. The molecule has 3 heterocycles. The van der Waals surface area contributed by atoms with E-state index < -0.39 is 12.1 Å². The molecule has 2 N–H and O–H groups in total. The normalized spacial score (nSPS) is 12.4. The summed E-state index contributed by atoms with van der Waals surface area (Å²) in [6, 6.07) is 7.90. The van der Waals surface area contributed by atoms with Crippen LogP contribution in [0.2, 0.25) is 0 Å². The van der Waals surface area contributed by atoms with Crippen molar-refractivity contribution >= 4 is 17.4 Å². The van der Waals surface area contributed by atoms with Crippen molar-refractivity contribution in [2.45, 2.75) is 33.0 Å². The van der Waals surface area contributed by atoms with E-state index in [1.165, 1.54) is 0 Å². The van der Waals surface area contributed by atoms with Gasteiger partial charge in [0.2, 0.25) is 0 Å². The molecule has 0 saturated heterocycles. The Morgan fingerprint density at radius 3 is 2.47 bits per heavy atom. The minimum atomic E-state index is -5.08. The first kappa shape index (κ1) is 26.9. The predicted octanol–water partition coefficient (Wildman–Crippen LogP) is 3.77. The lowest BCUT2D eigenvalue weighted by Crippen LogP contribution is -2.28. The van der Waals surface area contributed by atoms with Crippen LogP contribution in [0, 0.1) is 5.92 Å². The van der Waals surface area contributed by atoms with E-state index in [0.29, 0.717) is 18.2 Å². The number of halogens is 3. The number of hydrogen-bond acceptors (Lipinski definition) is 4. The van der Waals surface area contributed by atoms with Crippen LogP contribution in [0.1, 0.15) is 30.8 Å². The van der Waals surface area contributed by atoms with E-state index in [9.17, 15) is 18.0 Å². The minimum absolute atomic E-state index is 0.114. The summed E-state index contributed by atoms with van der Waals surface area (Å²) in [5.41, 5.74) is 2.32. The van der Waals surface area contributed by atoms with Gasteiger partial charge in [-0.05, 0) is 38.2 Å². The van der Waals surface area contributed by atoms with Gasteiger partial charge >= 0.3 is 12.1 Å². The number of nitrogens with zero attached hydrogens (tertiary/aromatic N) is 4. The zero-order valence-electron chi connectivity index (χ0n) is 19.6. The number of alkyl halides is 3. The third-order valence-corrected chi connectivity index (χ3v) is 5.13. The van der Waals surface area contributed by atoms with E-state index in [-0.39, 0.29) is 5.91 Å². The van der Waals surface area contributed by atoms with Gasteiger partial charge in [-0.2, -0.15) is 13.2 Å². The van der Waals surface area contributed by atoms with Crippen molar-refractivity contribution in [1.29, 1.82) is 0 Å². The summed E-state index contributed by atoms with van der Waals surface area (Å²) in [5.74, 6) is -1.62. The molecule has 1 amide bonds. The lowest BCUT2D eigenvalue weighted by molar-refractivity contribution is -0.192. The van der Waals surface area contributed by atoms with Crippen molar-refractivity contribution in [3.63, 3.8) is 0 Å². The van der Waals surface area contributed by atoms with Crippen molar-refractivity contribution in [3.05, 3.63) is 48.5 Å². The van der Waals surface area contributed by atoms with E-state index in [1.54, 1.807) is 0 Å². The fraction of sp³-hybridized carbons (Fsp3) is 0.435. The third-order valence-electron chi connectivity index (χ3n) is 5.13. The fourth-order valence-electron chi connectivity index (χ4n) is 2.93. The molecule has 0 bridgehead atoms. The molecule has 0 aliphatic carbocycles. The largest absolute Gasteiger partial charge is 0.490 e. The molecule has 186 valence electrons. The van der Waals surface area contributed by atoms with Crippen molar-refractivity contribution in [2.24, 2.45) is 5.92 Å². The summed E-state index contributed by atoms with van der Waals surface area (Å²) in [4.78, 5) is 28.5. The maximum Gasteiger partial charge on any atom is 0.490 e. The number of carboxylic acid groups (broad SMARTS) is 1. The highest BCUT2D eigenvalue weighted by molar-refractivity contribution is 6.00. The summed E-state index contributed by atoms with van der Waals surface area (Å²) in [7, 11) is 4.13. The lowest BCUT2D eigenvalue weighted by Gasteiger charge is -2.09. The number of aliphatic carboxylic acids is 1. The SMILES string of the molecule is CCC(C)CNC(=O)c1nc(-c2ccn(CCN(C)C)c2)n2ccccc12.O=C(O)C(F)(F)F. The van der Waals surface area contributed by atoms with Gasteiger partial charge in [0.05, 0.1) is 5.52 Å². The average Bonchev–Trinajstić information content (AvgIpc) is 3.40. The molecule has 0 radical (unpaired) electrons. The van der Waals surface area contributed by atoms with E-state index in [4.69, 9.17) is 14.9 Å². The van der Waals surface area contributed by atoms with Crippen LogP contribution < -0.4 is 5.32 Å². The smallest absolute Gasteiger partial charge is 0.475 e. The number of carbonyl (C=O) groups is 2. The summed E-state index contributed by atoms with van der Waals surface area (Å²) < 4.78 is 35.9. The highest BCUT2D eigenvalue weighted by atomic mass is 19.4. The van der Waals surface area contributed by atoms with Gasteiger partial charge in [0, 0.05) is 43.8 Å². The molecule has 34 heavy (non-hydrogen) atoms. The monoisotopic (exact) mass is 481 g/mol. The number of nitrogens with one attached hydrogen (secondary N) is 1. The van der Waals surface area contributed by atoms with Crippen molar-refractivity contribution in [2.75, 3.05) is 27.2 Å². The maximum atomic E-state index is 12.7. The second-order valence-corrected chi connectivity index (χ2v) is 8.21. The van der Waals surface area contributed by atoms with Gasteiger partial charge in [0.1, 0.15) is 5.82 Å². The van der Waals surface area contributed by atoms with Crippen LogP contribution in [0.3, 0.4) is 0 Å².